The zero-order valence-electron chi connectivity index (χ0n) is 16.4. The Kier molecular flexibility index (Phi) is 7.80. The van der Waals surface area contributed by atoms with Crippen LogP contribution in [0, 0.1) is 0 Å². The Hall–Kier alpha value is -1.92. The van der Waals surface area contributed by atoms with Crippen LogP contribution in [-0.4, -0.2) is 33.8 Å². The van der Waals surface area contributed by atoms with Crippen LogP contribution in [0.1, 0.15) is 61.9 Å². The van der Waals surface area contributed by atoms with E-state index in [1.165, 1.54) is 11.1 Å². The van der Waals surface area contributed by atoms with E-state index in [-0.39, 0.29) is 24.2 Å². The first-order valence-corrected chi connectivity index (χ1v) is 9.57. The highest BCUT2D eigenvalue weighted by atomic mass is 35.5. The van der Waals surface area contributed by atoms with Gasteiger partial charge in [0.25, 0.3) is 0 Å². The lowest BCUT2D eigenvalue weighted by molar-refractivity contribution is -0.116. The molecule has 2 N–H and O–H groups in total. The third-order valence-electron chi connectivity index (χ3n) is 5.18. The molecule has 1 aromatic heterocycles. The fourth-order valence-corrected chi connectivity index (χ4v) is 3.42. The summed E-state index contributed by atoms with van der Waals surface area (Å²) in [5.74, 6) is 1.90. The minimum absolute atomic E-state index is 0. The first-order valence-electron chi connectivity index (χ1n) is 9.57. The summed E-state index contributed by atoms with van der Waals surface area (Å²) in [7, 11) is 1.83. The lowest BCUT2D eigenvalue weighted by atomic mass is 9.96. The first kappa shape index (κ1) is 21.4. The maximum atomic E-state index is 12.5. The predicted octanol–water partition coefficient (Wildman–Crippen LogP) is 3.40. The molecule has 1 aliphatic rings. The van der Waals surface area contributed by atoms with Crippen molar-refractivity contribution in [2.45, 2.75) is 51.4 Å². The van der Waals surface area contributed by atoms with Crippen LogP contribution in [-0.2, 0) is 18.3 Å². The molecule has 1 unspecified atom stereocenters. The number of anilines is 1. The summed E-state index contributed by atoms with van der Waals surface area (Å²) in [6, 6.07) is 8.51. The van der Waals surface area contributed by atoms with Gasteiger partial charge >= 0.3 is 0 Å². The number of hydrogen-bond donors (Lipinski definition) is 2. The van der Waals surface area contributed by atoms with Crippen molar-refractivity contribution in [2.24, 2.45) is 7.05 Å². The third kappa shape index (κ3) is 5.53. The van der Waals surface area contributed by atoms with E-state index in [4.69, 9.17) is 0 Å². The number of carbonyl (C=O) groups is 1. The molecule has 0 saturated carbocycles. The van der Waals surface area contributed by atoms with E-state index in [1.807, 2.05) is 7.05 Å². The van der Waals surface area contributed by atoms with Gasteiger partial charge in [-0.3, -0.25) is 10.1 Å². The van der Waals surface area contributed by atoms with Crippen molar-refractivity contribution in [1.82, 2.24) is 20.1 Å². The zero-order chi connectivity index (χ0) is 18.5. The molecule has 0 spiro atoms. The summed E-state index contributed by atoms with van der Waals surface area (Å²) in [5.41, 5.74) is 2.50. The van der Waals surface area contributed by atoms with Crippen molar-refractivity contribution in [3.05, 3.63) is 41.2 Å². The molecule has 1 atom stereocenters. The summed E-state index contributed by atoms with van der Waals surface area (Å²) < 4.78 is 1.68. The number of amides is 1. The molecule has 3 rings (SSSR count). The molecule has 2 heterocycles. The monoisotopic (exact) mass is 391 g/mol. The van der Waals surface area contributed by atoms with Crippen LogP contribution >= 0.6 is 12.4 Å². The van der Waals surface area contributed by atoms with Crippen LogP contribution in [0.25, 0.3) is 0 Å². The molecule has 1 saturated heterocycles. The molecule has 27 heavy (non-hydrogen) atoms. The Labute approximate surface area is 167 Å². The third-order valence-corrected chi connectivity index (χ3v) is 5.18. The van der Waals surface area contributed by atoms with Crippen LogP contribution < -0.4 is 10.6 Å². The van der Waals surface area contributed by atoms with Gasteiger partial charge in [0.1, 0.15) is 0 Å². The second-order valence-electron chi connectivity index (χ2n) is 7.19. The van der Waals surface area contributed by atoms with Gasteiger partial charge in [-0.25, -0.2) is 4.68 Å². The fourth-order valence-electron chi connectivity index (χ4n) is 3.42. The smallest absolute Gasteiger partial charge is 0.227 e. The maximum Gasteiger partial charge on any atom is 0.227 e. The number of piperidine rings is 1. The molecule has 6 nitrogen and oxygen atoms in total. The van der Waals surface area contributed by atoms with E-state index in [0.717, 1.165) is 38.2 Å². The summed E-state index contributed by atoms with van der Waals surface area (Å²) in [6.07, 6.45) is 3.55. The minimum atomic E-state index is -0.0237. The van der Waals surface area contributed by atoms with Gasteiger partial charge in [0.15, 0.2) is 5.82 Å². The molecule has 1 aromatic carbocycles. The Bertz CT molecular complexity index is 737. The molecule has 7 heteroatoms. The van der Waals surface area contributed by atoms with Gasteiger partial charge in [-0.1, -0.05) is 38.1 Å². The van der Waals surface area contributed by atoms with Crippen molar-refractivity contribution >= 4 is 24.3 Å². The first-order chi connectivity index (χ1) is 12.6. The van der Waals surface area contributed by atoms with Crippen LogP contribution in [0.2, 0.25) is 0 Å². The average Bonchev–Trinajstić information content (AvgIpc) is 3.03. The highest BCUT2D eigenvalue weighted by molar-refractivity contribution is 5.89. The van der Waals surface area contributed by atoms with Gasteiger partial charge in [-0.2, -0.15) is 10.1 Å². The SMILES string of the molecule is CCc1ccc(C(C)CC(=O)Nc2nc(C3CCNCC3)nn2C)cc1.Cl. The van der Waals surface area contributed by atoms with E-state index < -0.39 is 0 Å². The van der Waals surface area contributed by atoms with Crippen molar-refractivity contribution in [3.8, 4) is 0 Å². The number of nitrogens with zero attached hydrogens (tertiary/aromatic N) is 3. The fraction of sp³-hybridized carbons (Fsp3) is 0.550. The number of nitrogens with one attached hydrogen (secondary N) is 2. The average molecular weight is 392 g/mol. The number of hydrogen-bond acceptors (Lipinski definition) is 4. The van der Waals surface area contributed by atoms with Gasteiger partial charge in [0, 0.05) is 19.4 Å². The largest absolute Gasteiger partial charge is 0.317 e. The molecule has 0 aliphatic carbocycles. The summed E-state index contributed by atoms with van der Waals surface area (Å²) in [6.45, 7) is 6.22. The number of aryl methyl sites for hydroxylation is 2. The van der Waals surface area contributed by atoms with Gasteiger partial charge in [-0.05, 0) is 49.4 Å². The van der Waals surface area contributed by atoms with E-state index in [0.29, 0.717) is 18.3 Å². The summed E-state index contributed by atoms with van der Waals surface area (Å²) >= 11 is 0. The number of halogens is 1. The highest BCUT2D eigenvalue weighted by Gasteiger charge is 2.21. The van der Waals surface area contributed by atoms with Crippen molar-refractivity contribution < 1.29 is 4.79 Å². The Balaban J connectivity index is 0.00000261. The van der Waals surface area contributed by atoms with Crippen molar-refractivity contribution in [2.75, 3.05) is 18.4 Å². The van der Waals surface area contributed by atoms with Crippen LogP contribution in [0.5, 0.6) is 0 Å². The summed E-state index contributed by atoms with van der Waals surface area (Å²) in [4.78, 5) is 17.0. The molecule has 0 bridgehead atoms. The lowest BCUT2D eigenvalue weighted by Crippen LogP contribution is -2.27. The van der Waals surface area contributed by atoms with Gasteiger partial charge in [-0.15, -0.1) is 12.4 Å². The second kappa shape index (κ2) is 9.85. The van der Waals surface area contributed by atoms with Crippen LogP contribution in [0.4, 0.5) is 5.95 Å². The molecular weight excluding hydrogens is 362 g/mol. The molecule has 2 aromatic rings. The molecular formula is C20H30ClN5O. The number of carbonyl (C=O) groups excluding carboxylic acids is 1. The Morgan fingerprint density at radius 1 is 1.30 bits per heavy atom. The number of rotatable bonds is 6. The Morgan fingerprint density at radius 2 is 1.96 bits per heavy atom. The zero-order valence-corrected chi connectivity index (χ0v) is 17.2. The minimum Gasteiger partial charge on any atom is -0.317 e. The van der Waals surface area contributed by atoms with Crippen molar-refractivity contribution in [1.29, 1.82) is 0 Å². The van der Waals surface area contributed by atoms with E-state index in [2.05, 4.69) is 58.8 Å². The normalized spacial score (nSPS) is 15.8. The standard InChI is InChI=1S/C20H29N5O.ClH/c1-4-15-5-7-16(8-6-15)14(2)13-18(26)22-20-23-19(24-25(20)3)17-9-11-21-12-10-17;/h5-8,14,17,21H,4,9-13H2,1-3H3,(H,22,23,24,26);1H. The van der Waals surface area contributed by atoms with E-state index in [1.54, 1.807) is 4.68 Å². The second-order valence-corrected chi connectivity index (χ2v) is 7.19. The molecule has 148 valence electrons. The van der Waals surface area contributed by atoms with Crippen molar-refractivity contribution in [3.63, 3.8) is 0 Å². The summed E-state index contributed by atoms with van der Waals surface area (Å²) in [5, 5.41) is 10.8. The van der Waals surface area contributed by atoms with Crippen LogP contribution in [0.15, 0.2) is 24.3 Å². The van der Waals surface area contributed by atoms with Crippen LogP contribution in [0.3, 0.4) is 0 Å². The van der Waals surface area contributed by atoms with Gasteiger partial charge in [0.2, 0.25) is 11.9 Å². The molecule has 0 radical (unpaired) electrons. The molecule has 1 fully saturated rings. The lowest BCUT2D eigenvalue weighted by Gasteiger charge is -2.19. The van der Waals surface area contributed by atoms with Gasteiger partial charge < -0.3 is 5.32 Å². The number of aromatic nitrogens is 3. The Morgan fingerprint density at radius 3 is 2.59 bits per heavy atom. The van der Waals surface area contributed by atoms with Gasteiger partial charge in [0.05, 0.1) is 0 Å². The molecule has 1 amide bonds. The molecule has 1 aliphatic heterocycles. The van der Waals surface area contributed by atoms with E-state index >= 15 is 0 Å². The quantitative estimate of drug-likeness (QED) is 0.791. The van der Waals surface area contributed by atoms with E-state index in [9.17, 15) is 4.79 Å². The number of benzene rings is 1. The maximum absolute atomic E-state index is 12.5. The highest BCUT2D eigenvalue weighted by Crippen LogP contribution is 2.24. The topological polar surface area (TPSA) is 71.8 Å². The predicted molar refractivity (Wildman–Crippen MR) is 111 cm³/mol.